The van der Waals surface area contributed by atoms with Crippen molar-refractivity contribution in [1.29, 1.82) is 0 Å². The summed E-state index contributed by atoms with van der Waals surface area (Å²) in [4.78, 5) is 0. The van der Waals surface area contributed by atoms with Crippen LogP contribution in [0.3, 0.4) is 0 Å². The number of hydrogen-bond acceptors (Lipinski definition) is 1. The largest absolute Gasteiger partial charge is 0.393 e. The third kappa shape index (κ3) is 1.71. The molecule has 1 nitrogen and oxygen atoms in total. The standard InChI is InChI=1S/C13H24O/c1-3-11-12-7-5-4-6-10(12)8-9(2)13(11)14/h9-14H,3-8H2,1-2H3. The molecule has 0 spiro atoms. The van der Waals surface area contributed by atoms with Crippen molar-refractivity contribution in [3.8, 4) is 0 Å². The minimum atomic E-state index is -0.0145. The SMILES string of the molecule is CCC1C(O)C(C)CC2CCCCC21. The van der Waals surface area contributed by atoms with Gasteiger partial charge in [0, 0.05) is 0 Å². The molecule has 0 radical (unpaired) electrons. The Hall–Kier alpha value is -0.0400. The van der Waals surface area contributed by atoms with Gasteiger partial charge in [-0.25, -0.2) is 0 Å². The summed E-state index contributed by atoms with van der Waals surface area (Å²) in [6.07, 6.45) is 8.08. The second-order valence-electron chi connectivity index (χ2n) is 5.48. The number of aliphatic hydroxyl groups is 1. The summed E-state index contributed by atoms with van der Waals surface area (Å²) < 4.78 is 0. The van der Waals surface area contributed by atoms with Crippen molar-refractivity contribution >= 4 is 0 Å². The Kier molecular flexibility index (Phi) is 3.16. The third-order valence-electron chi connectivity index (χ3n) is 4.69. The highest BCUT2D eigenvalue weighted by Gasteiger charge is 2.41. The maximum absolute atomic E-state index is 10.2. The molecule has 0 bridgehead atoms. The van der Waals surface area contributed by atoms with Crippen LogP contribution in [0, 0.1) is 23.7 Å². The van der Waals surface area contributed by atoms with Crippen LogP contribution in [0.4, 0.5) is 0 Å². The normalized spacial score (nSPS) is 48.6. The molecule has 0 aromatic carbocycles. The van der Waals surface area contributed by atoms with E-state index < -0.39 is 0 Å². The van der Waals surface area contributed by atoms with E-state index in [1.807, 2.05) is 0 Å². The van der Waals surface area contributed by atoms with Crippen molar-refractivity contribution in [2.45, 2.75) is 58.5 Å². The van der Waals surface area contributed by atoms with Gasteiger partial charge in [-0.05, 0) is 36.5 Å². The molecule has 0 amide bonds. The number of aliphatic hydroxyl groups excluding tert-OH is 1. The van der Waals surface area contributed by atoms with Gasteiger partial charge in [-0.3, -0.25) is 0 Å². The summed E-state index contributed by atoms with van der Waals surface area (Å²) in [7, 11) is 0. The Balaban J connectivity index is 2.10. The Morgan fingerprint density at radius 1 is 1.21 bits per heavy atom. The molecule has 82 valence electrons. The van der Waals surface area contributed by atoms with Crippen LogP contribution in [0.5, 0.6) is 0 Å². The van der Waals surface area contributed by atoms with Crippen LogP contribution in [0.1, 0.15) is 52.4 Å². The number of fused-ring (bicyclic) bond motifs is 1. The molecule has 2 aliphatic rings. The van der Waals surface area contributed by atoms with Gasteiger partial charge in [-0.1, -0.05) is 39.5 Å². The Labute approximate surface area is 87.9 Å². The van der Waals surface area contributed by atoms with Gasteiger partial charge in [0.25, 0.3) is 0 Å². The number of hydrogen-bond donors (Lipinski definition) is 1. The minimum Gasteiger partial charge on any atom is -0.393 e. The van der Waals surface area contributed by atoms with Crippen LogP contribution in [0.2, 0.25) is 0 Å². The highest BCUT2D eigenvalue weighted by atomic mass is 16.3. The average molecular weight is 196 g/mol. The lowest BCUT2D eigenvalue weighted by Gasteiger charge is -2.46. The van der Waals surface area contributed by atoms with Crippen molar-refractivity contribution in [1.82, 2.24) is 0 Å². The minimum absolute atomic E-state index is 0.0145. The lowest BCUT2D eigenvalue weighted by atomic mass is 9.61. The molecule has 2 saturated carbocycles. The quantitative estimate of drug-likeness (QED) is 0.682. The molecule has 0 heterocycles. The molecular weight excluding hydrogens is 172 g/mol. The molecule has 2 rings (SSSR count). The fourth-order valence-electron chi connectivity index (χ4n) is 3.93. The van der Waals surface area contributed by atoms with Crippen molar-refractivity contribution < 1.29 is 5.11 Å². The zero-order chi connectivity index (χ0) is 10.1. The van der Waals surface area contributed by atoms with Gasteiger partial charge in [0.05, 0.1) is 6.10 Å². The van der Waals surface area contributed by atoms with Gasteiger partial charge >= 0.3 is 0 Å². The lowest BCUT2D eigenvalue weighted by molar-refractivity contribution is -0.0522. The summed E-state index contributed by atoms with van der Waals surface area (Å²) in [5.74, 6) is 2.93. The fourth-order valence-corrected chi connectivity index (χ4v) is 3.93. The van der Waals surface area contributed by atoms with Crippen LogP contribution in [0.25, 0.3) is 0 Å². The van der Waals surface area contributed by atoms with Crippen molar-refractivity contribution in [3.63, 3.8) is 0 Å². The molecule has 1 N–H and O–H groups in total. The molecule has 14 heavy (non-hydrogen) atoms. The molecule has 0 aromatic rings. The van der Waals surface area contributed by atoms with E-state index in [2.05, 4.69) is 13.8 Å². The summed E-state index contributed by atoms with van der Waals surface area (Å²) >= 11 is 0. The Bertz CT molecular complexity index is 190. The highest BCUT2D eigenvalue weighted by molar-refractivity contribution is 4.91. The summed E-state index contributed by atoms with van der Waals surface area (Å²) in [5.41, 5.74) is 0. The second-order valence-corrected chi connectivity index (χ2v) is 5.48. The summed E-state index contributed by atoms with van der Waals surface area (Å²) in [6.45, 7) is 4.48. The first kappa shape index (κ1) is 10.5. The van der Waals surface area contributed by atoms with E-state index in [1.54, 1.807) is 0 Å². The highest BCUT2D eigenvalue weighted by Crippen LogP contribution is 2.46. The summed E-state index contributed by atoms with van der Waals surface area (Å²) in [5, 5.41) is 10.2. The first-order chi connectivity index (χ1) is 6.74. The molecule has 2 aliphatic carbocycles. The maximum atomic E-state index is 10.2. The second kappa shape index (κ2) is 4.22. The van der Waals surface area contributed by atoms with Crippen LogP contribution in [-0.4, -0.2) is 11.2 Å². The van der Waals surface area contributed by atoms with Gasteiger partial charge in [0.1, 0.15) is 0 Å². The molecular formula is C13H24O. The van der Waals surface area contributed by atoms with Gasteiger partial charge in [0.2, 0.25) is 0 Å². The molecule has 2 fully saturated rings. The molecule has 1 heteroatoms. The molecule has 0 saturated heterocycles. The van der Waals surface area contributed by atoms with Crippen LogP contribution in [-0.2, 0) is 0 Å². The molecule has 5 unspecified atom stereocenters. The monoisotopic (exact) mass is 196 g/mol. The predicted molar refractivity (Wildman–Crippen MR) is 59.0 cm³/mol. The fraction of sp³-hybridized carbons (Fsp3) is 1.00. The van der Waals surface area contributed by atoms with Gasteiger partial charge in [0.15, 0.2) is 0 Å². The molecule has 0 aliphatic heterocycles. The average Bonchev–Trinajstić information content (AvgIpc) is 2.20. The van der Waals surface area contributed by atoms with Crippen LogP contribution < -0.4 is 0 Å². The van der Waals surface area contributed by atoms with Gasteiger partial charge < -0.3 is 5.11 Å². The zero-order valence-electron chi connectivity index (χ0n) is 9.58. The van der Waals surface area contributed by atoms with Gasteiger partial charge in [-0.15, -0.1) is 0 Å². The van der Waals surface area contributed by atoms with Gasteiger partial charge in [-0.2, -0.15) is 0 Å². The third-order valence-corrected chi connectivity index (χ3v) is 4.69. The molecule has 5 atom stereocenters. The van der Waals surface area contributed by atoms with E-state index in [4.69, 9.17) is 0 Å². The lowest BCUT2D eigenvalue weighted by Crippen LogP contribution is -2.43. The van der Waals surface area contributed by atoms with E-state index in [0.29, 0.717) is 11.8 Å². The van der Waals surface area contributed by atoms with Crippen LogP contribution in [0.15, 0.2) is 0 Å². The predicted octanol–water partition coefficient (Wildman–Crippen LogP) is 3.22. The number of rotatable bonds is 1. The topological polar surface area (TPSA) is 20.2 Å². The Morgan fingerprint density at radius 2 is 1.93 bits per heavy atom. The first-order valence-electron chi connectivity index (χ1n) is 6.42. The Morgan fingerprint density at radius 3 is 2.64 bits per heavy atom. The smallest absolute Gasteiger partial charge is 0.0596 e. The van der Waals surface area contributed by atoms with E-state index in [9.17, 15) is 5.11 Å². The van der Waals surface area contributed by atoms with Crippen LogP contribution >= 0.6 is 0 Å². The van der Waals surface area contributed by atoms with E-state index in [0.717, 1.165) is 11.8 Å². The molecule has 0 aromatic heterocycles. The van der Waals surface area contributed by atoms with E-state index >= 15 is 0 Å². The van der Waals surface area contributed by atoms with Crippen molar-refractivity contribution in [3.05, 3.63) is 0 Å². The van der Waals surface area contributed by atoms with E-state index in [1.165, 1.54) is 38.5 Å². The first-order valence-corrected chi connectivity index (χ1v) is 6.42. The summed E-state index contributed by atoms with van der Waals surface area (Å²) in [6, 6.07) is 0. The maximum Gasteiger partial charge on any atom is 0.0596 e. The van der Waals surface area contributed by atoms with Crippen molar-refractivity contribution in [2.24, 2.45) is 23.7 Å². The van der Waals surface area contributed by atoms with Crippen molar-refractivity contribution in [2.75, 3.05) is 0 Å². The zero-order valence-corrected chi connectivity index (χ0v) is 9.58. The van der Waals surface area contributed by atoms with E-state index in [-0.39, 0.29) is 6.10 Å².